The van der Waals surface area contributed by atoms with Gasteiger partial charge >= 0.3 is 0 Å². The molecule has 0 radical (unpaired) electrons. The fourth-order valence-corrected chi connectivity index (χ4v) is 4.51. The Hall–Kier alpha value is -2.57. The van der Waals surface area contributed by atoms with Crippen molar-refractivity contribution in [2.24, 2.45) is 0 Å². The van der Waals surface area contributed by atoms with Crippen LogP contribution < -0.4 is 15.0 Å². The number of carbonyl (C=O) groups is 1. The van der Waals surface area contributed by atoms with Crippen molar-refractivity contribution in [3.63, 3.8) is 0 Å². The fourth-order valence-electron chi connectivity index (χ4n) is 4.51. The smallest absolute Gasteiger partial charge is 0.251 e. The third kappa shape index (κ3) is 5.20. The quantitative estimate of drug-likeness (QED) is 0.741. The second-order valence-corrected chi connectivity index (χ2v) is 8.15. The highest BCUT2D eigenvalue weighted by Crippen LogP contribution is 2.31. The lowest BCUT2D eigenvalue weighted by molar-refractivity contribution is 0.0288. The Labute approximate surface area is 185 Å². The lowest BCUT2D eigenvalue weighted by atomic mass is 9.93. The van der Waals surface area contributed by atoms with Crippen LogP contribution in [0.3, 0.4) is 0 Å². The number of carbonyl (C=O) groups excluding carboxylic acids is 1. The number of rotatable bonds is 7. The summed E-state index contributed by atoms with van der Waals surface area (Å²) >= 11 is 0. The first-order chi connectivity index (χ1) is 15.2. The van der Waals surface area contributed by atoms with Gasteiger partial charge in [-0.1, -0.05) is 6.07 Å². The van der Waals surface area contributed by atoms with Gasteiger partial charge < -0.3 is 19.7 Å². The van der Waals surface area contributed by atoms with Crippen LogP contribution in [0.15, 0.2) is 42.5 Å². The van der Waals surface area contributed by atoms with E-state index >= 15 is 0 Å². The molecule has 1 amide bonds. The molecule has 0 aromatic heterocycles. The fraction of sp³-hybridized carbons (Fsp3) is 0.480. The van der Waals surface area contributed by atoms with Crippen LogP contribution in [-0.4, -0.2) is 63.8 Å². The van der Waals surface area contributed by atoms with Crippen molar-refractivity contribution in [3.05, 3.63) is 59.2 Å². The summed E-state index contributed by atoms with van der Waals surface area (Å²) in [4.78, 5) is 16.9. The molecule has 1 atom stereocenters. The second-order valence-electron chi connectivity index (χ2n) is 8.15. The van der Waals surface area contributed by atoms with E-state index in [1.54, 1.807) is 7.05 Å². The monoisotopic (exact) mass is 423 g/mol. The number of hydrogen-bond donors (Lipinski definition) is 1. The molecule has 6 nitrogen and oxygen atoms in total. The highest BCUT2D eigenvalue weighted by molar-refractivity contribution is 5.94. The van der Waals surface area contributed by atoms with Crippen molar-refractivity contribution in [3.8, 4) is 5.75 Å². The minimum Gasteiger partial charge on any atom is -0.494 e. The summed E-state index contributed by atoms with van der Waals surface area (Å²) in [6.45, 7) is 8.63. The van der Waals surface area contributed by atoms with E-state index in [1.807, 2.05) is 19.1 Å². The van der Waals surface area contributed by atoms with Gasteiger partial charge in [-0.25, -0.2) is 0 Å². The molecule has 2 aromatic carbocycles. The highest BCUT2D eigenvalue weighted by Gasteiger charge is 2.24. The number of hydrogen-bond acceptors (Lipinski definition) is 5. The van der Waals surface area contributed by atoms with E-state index < -0.39 is 0 Å². The van der Waals surface area contributed by atoms with Gasteiger partial charge in [0.2, 0.25) is 0 Å². The van der Waals surface area contributed by atoms with Crippen LogP contribution in [-0.2, 0) is 11.2 Å². The van der Waals surface area contributed by atoms with Crippen LogP contribution in [0.2, 0.25) is 0 Å². The summed E-state index contributed by atoms with van der Waals surface area (Å²) < 4.78 is 11.6. The lowest BCUT2D eigenvalue weighted by Gasteiger charge is -2.37. The van der Waals surface area contributed by atoms with Crippen molar-refractivity contribution < 1.29 is 14.3 Å². The summed E-state index contributed by atoms with van der Waals surface area (Å²) in [5, 5.41) is 2.70. The second kappa shape index (κ2) is 10.2. The third-order valence-corrected chi connectivity index (χ3v) is 6.26. The number of benzene rings is 2. The third-order valence-electron chi connectivity index (χ3n) is 6.26. The summed E-state index contributed by atoms with van der Waals surface area (Å²) in [5.74, 6) is 0.899. The molecule has 6 heteroatoms. The largest absolute Gasteiger partial charge is 0.494 e. The van der Waals surface area contributed by atoms with Gasteiger partial charge in [0.05, 0.1) is 19.3 Å². The number of amides is 1. The van der Waals surface area contributed by atoms with Gasteiger partial charge in [0.1, 0.15) is 5.75 Å². The molecule has 2 aromatic rings. The van der Waals surface area contributed by atoms with E-state index in [-0.39, 0.29) is 12.0 Å². The maximum atomic E-state index is 11.9. The van der Waals surface area contributed by atoms with Crippen molar-refractivity contribution in [2.75, 3.05) is 57.9 Å². The van der Waals surface area contributed by atoms with Crippen LogP contribution in [0, 0.1) is 0 Å². The first-order valence-electron chi connectivity index (χ1n) is 11.3. The van der Waals surface area contributed by atoms with Crippen molar-refractivity contribution in [1.82, 2.24) is 10.2 Å². The predicted molar refractivity (Wildman–Crippen MR) is 123 cm³/mol. The first kappa shape index (κ1) is 21.7. The van der Waals surface area contributed by atoms with Crippen molar-refractivity contribution >= 4 is 11.6 Å². The molecule has 0 saturated carbocycles. The van der Waals surface area contributed by atoms with E-state index in [9.17, 15) is 4.79 Å². The Morgan fingerprint density at radius 2 is 1.90 bits per heavy atom. The Morgan fingerprint density at radius 3 is 2.61 bits per heavy atom. The summed E-state index contributed by atoms with van der Waals surface area (Å²) in [5.41, 5.74) is 4.48. The van der Waals surface area contributed by atoms with Crippen LogP contribution in [0.1, 0.15) is 40.9 Å². The number of ether oxygens (including phenoxy) is 2. The zero-order valence-electron chi connectivity index (χ0n) is 18.6. The zero-order chi connectivity index (χ0) is 21.6. The van der Waals surface area contributed by atoms with E-state index in [0.29, 0.717) is 6.61 Å². The lowest BCUT2D eigenvalue weighted by Crippen LogP contribution is -2.46. The Morgan fingerprint density at radius 1 is 1.13 bits per heavy atom. The Balaban J connectivity index is 1.29. The van der Waals surface area contributed by atoms with Gasteiger partial charge in [0.25, 0.3) is 5.91 Å². The van der Waals surface area contributed by atoms with E-state index in [2.05, 4.69) is 45.4 Å². The molecule has 0 spiro atoms. The van der Waals surface area contributed by atoms with Gasteiger partial charge in [-0.3, -0.25) is 9.69 Å². The normalized spacial score (nSPS) is 19.0. The van der Waals surface area contributed by atoms with E-state index in [0.717, 1.165) is 63.5 Å². The zero-order valence-corrected chi connectivity index (χ0v) is 18.6. The molecule has 0 unspecified atom stereocenters. The van der Waals surface area contributed by atoms with Crippen molar-refractivity contribution in [1.29, 1.82) is 0 Å². The van der Waals surface area contributed by atoms with Crippen LogP contribution in [0.25, 0.3) is 0 Å². The molecular formula is C25H33N3O3. The van der Waals surface area contributed by atoms with Crippen molar-refractivity contribution in [2.45, 2.75) is 25.9 Å². The van der Waals surface area contributed by atoms with Gasteiger partial charge in [0.15, 0.2) is 0 Å². The standard InChI is InChI=1S/C25H33N3O3/c1-3-30-22-7-5-21(6-8-22)28-15-13-27(14-16-28)12-10-24-23-9-4-20(25(29)26-2)18-19(23)11-17-31-24/h4-9,18,24H,3,10-17H2,1-2H3,(H,26,29)/t24-/m1/s1. The number of anilines is 1. The van der Waals surface area contributed by atoms with Gasteiger partial charge in [0, 0.05) is 51.0 Å². The number of piperazine rings is 1. The van der Waals surface area contributed by atoms with Gasteiger partial charge in [-0.15, -0.1) is 0 Å². The molecule has 1 saturated heterocycles. The molecule has 166 valence electrons. The molecule has 1 N–H and O–H groups in total. The maximum absolute atomic E-state index is 11.9. The van der Waals surface area contributed by atoms with Crippen LogP contribution in [0.5, 0.6) is 5.75 Å². The summed E-state index contributed by atoms with van der Waals surface area (Å²) in [6, 6.07) is 14.4. The number of nitrogens with zero attached hydrogens (tertiary/aromatic N) is 2. The van der Waals surface area contributed by atoms with Gasteiger partial charge in [-0.2, -0.15) is 0 Å². The minimum atomic E-state index is -0.0313. The minimum absolute atomic E-state index is 0.0313. The number of fused-ring (bicyclic) bond motifs is 1. The molecule has 2 heterocycles. The highest BCUT2D eigenvalue weighted by atomic mass is 16.5. The van der Waals surface area contributed by atoms with E-state index in [1.165, 1.54) is 16.8 Å². The Kier molecular flexibility index (Phi) is 7.10. The molecule has 0 aliphatic carbocycles. The van der Waals surface area contributed by atoms with Crippen LogP contribution >= 0.6 is 0 Å². The molecule has 4 rings (SSSR count). The first-order valence-corrected chi connectivity index (χ1v) is 11.3. The number of nitrogens with one attached hydrogen (secondary N) is 1. The molecule has 1 fully saturated rings. The molecular weight excluding hydrogens is 390 g/mol. The van der Waals surface area contributed by atoms with Crippen LogP contribution in [0.4, 0.5) is 5.69 Å². The molecule has 2 aliphatic heterocycles. The predicted octanol–water partition coefficient (Wildman–Crippen LogP) is 3.27. The summed E-state index contributed by atoms with van der Waals surface area (Å²) in [7, 11) is 1.67. The molecule has 2 aliphatic rings. The summed E-state index contributed by atoms with van der Waals surface area (Å²) in [6.07, 6.45) is 1.97. The molecule has 0 bridgehead atoms. The average Bonchev–Trinajstić information content (AvgIpc) is 2.83. The average molecular weight is 424 g/mol. The van der Waals surface area contributed by atoms with E-state index in [4.69, 9.17) is 9.47 Å². The molecule has 31 heavy (non-hydrogen) atoms. The Bertz CT molecular complexity index is 876. The van der Waals surface area contributed by atoms with Gasteiger partial charge in [-0.05, 0) is 67.3 Å². The maximum Gasteiger partial charge on any atom is 0.251 e. The topological polar surface area (TPSA) is 54.0 Å². The SMILES string of the molecule is CCOc1ccc(N2CCN(CC[C@H]3OCCc4cc(C(=O)NC)ccc43)CC2)cc1.